The second-order valence-electron chi connectivity index (χ2n) is 20.9. The first kappa shape index (κ1) is 47.2. The van der Waals surface area contributed by atoms with Crippen LogP contribution < -0.4 is 0 Å². The van der Waals surface area contributed by atoms with E-state index in [2.05, 4.69) is 115 Å². The Kier molecular flexibility index (Phi) is 13.6. The number of fused-ring (bicyclic) bond motifs is 2. The van der Waals surface area contributed by atoms with Crippen LogP contribution in [0.2, 0.25) is 0 Å². The standard InChI is InChI=1S/C56H66N4O4/c1-53(2,3)41-27-39(49(61)45(29-41)55(7,8)9)33-59-23-21-57-31-37-25-35-17-13-15-19-43(35)47(51(37)63)48-44-20-16-14-18-36(44)26-38(52(48)64)32-58-22-24-60-34-40-28-42(54(4,5)6)30-46(50(40)62)56(10,11)12/h13-20,25-34,61-64H,21-24H2,1-12H3. The Hall–Kier alpha value is -6.28. The molecule has 0 radical (unpaired) electrons. The van der Waals surface area contributed by atoms with Gasteiger partial charge in [-0.1, -0.05) is 144 Å². The monoisotopic (exact) mass is 859 g/mol. The summed E-state index contributed by atoms with van der Waals surface area (Å²) in [5, 5.41) is 49.8. The van der Waals surface area contributed by atoms with Crippen LogP contribution in [0.25, 0.3) is 32.7 Å². The van der Waals surface area contributed by atoms with Gasteiger partial charge in [0.15, 0.2) is 0 Å². The highest BCUT2D eigenvalue weighted by Crippen LogP contribution is 2.47. The van der Waals surface area contributed by atoms with Gasteiger partial charge in [-0.2, -0.15) is 0 Å². The second-order valence-corrected chi connectivity index (χ2v) is 20.9. The van der Waals surface area contributed by atoms with Crippen molar-refractivity contribution in [1.82, 2.24) is 0 Å². The van der Waals surface area contributed by atoms with Crippen molar-refractivity contribution in [3.8, 4) is 34.1 Å². The van der Waals surface area contributed by atoms with Crippen molar-refractivity contribution < 1.29 is 20.4 Å². The Bertz CT molecular complexity index is 2610. The Labute approximate surface area is 379 Å². The Morgan fingerprint density at radius 3 is 0.969 bits per heavy atom. The fourth-order valence-electron chi connectivity index (χ4n) is 7.82. The molecule has 4 N–H and O–H groups in total. The van der Waals surface area contributed by atoms with Crippen molar-refractivity contribution in [3.63, 3.8) is 0 Å². The fourth-order valence-corrected chi connectivity index (χ4v) is 7.82. The third kappa shape index (κ3) is 10.6. The molecule has 0 amide bonds. The molecule has 6 rings (SSSR count). The van der Waals surface area contributed by atoms with E-state index < -0.39 is 0 Å². The van der Waals surface area contributed by atoms with Crippen LogP contribution in [0, 0.1) is 0 Å². The largest absolute Gasteiger partial charge is 0.507 e. The van der Waals surface area contributed by atoms with Crippen molar-refractivity contribution in [3.05, 3.63) is 129 Å². The molecule has 0 saturated heterocycles. The molecule has 0 aromatic heterocycles. The minimum absolute atomic E-state index is 0.00172. The molecule has 0 aliphatic heterocycles. The summed E-state index contributed by atoms with van der Waals surface area (Å²) in [6.45, 7) is 27.0. The van der Waals surface area contributed by atoms with Crippen molar-refractivity contribution in [1.29, 1.82) is 0 Å². The number of phenolic OH excluding ortho intramolecular Hbond substituents is 4. The quantitative estimate of drug-likeness (QED) is 0.0763. The summed E-state index contributed by atoms with van der Waals surface area (Å²) in [5.41, 5.74) is 6.74. The van der Waals surface area contributed by atoms with Gasteiger partial charge in [0, 0.05) is 69.4 Å². The highest BCUT2D eigenvalue weighted by Gasteiger charge is 2.26. The molecule has 8 nitrogen and oxygen atoms in total. The maximum absolute atomic E-state index is 12.1. The maximum atomic E-state index is 12.1. The van der Waals surface area contributed by atoms with E-state index in [4.69, 9.17) is 0 Å². The molecule has 64 heavy (non-hydrogen) atoms. The minimum atomic E-state index is -0.239. The van der Waals surface area contributed by atoms with Crippen molar-refractivity contribution >= 4 is 46.4 Å². The van der Waals surface area contributed by atoms with Gasteiger partial charge in [-0.05, 0) is 78.6 Å². The van der Waals surface area contributed by atoms with Gasteiger partial charge in [-0.25, -0.2) is 0 Å². The zero-order valence-corrected chi connectivity index (χ0v) is 39.8. The molecule has 0 heterocycles. The maximum Gasteiger partial charge on any atom is 0.132 e. The van der Waals surface area contributed by atoms with E-state index in [0.717, 1.165) is 43.8 Å². The first-order chi connectivity index (χ1) is 30.0. The van der Waals surface area contributed by atoms with Crippen LogP contribution >= 0.6 is 0 Å². The lowest BCUT2D eigenvalue weighted by Crippen LogP contribution is -2.17. The zero-order valence-electron chi connectivity index (χ0n) is 39.8. The van der Waals surface area contributed by atoms with Crippen molar-refractivity contribution in [2.75, 3.05) is 26.2 Å². The van der Waals surface area contributed by atoms with E-state index in [1.54, 1.807) is 24.9 Å². The summed E-state index contributed by atoms with van der Waals surface area (Å²) in [6, 6.07) is 27.6. The highest BCUT2D eigenvalue weighted by atomic mass is 16.3. The summed E-state index contributed by atoms with van der Waals surface area (Å²) in [4.78, 5) is 18.6. The van der Waals surface area contributed by atoms with Gasteiger partial charge in [0.2, 0.25) is 0 Å². The number of benzene rings is 6. The van der Waals surface area contributed by atoms with Gasteiger partial charge in [0.25, 0.3) is 0 Å². The van der Waals surface area contributed by atoms with Gasteiger partial charge < -0.3 is 20.4 Å². The molecule has 0 aliphatic rings. The smallest absolute Gasteiger partial charge is 0.132 e. The molecule has 0 bridgehead atoms. The molecule has 6 aromatic carbocycles. The SMILES string of the molecule is CC(C)(C)c1cc(C=NCCN=Cc2cc3ccccc3c(-c3c(O)c(C=NCCN=Cc4cc(C(C)(C)C)cc(C(C)(C)C)c4O)cc4ccccc34)c2O)c(O)c(C(C)(C)C)c1. The van der Waals surface area contributed by atoms with Crippen LogP contribution in [0.3, 0.4) is 0 Å². The number of hydrogen-bond donors (Lipinski definition) is 4. The van der Waals surface area contributed by atoms with E-state index in [1.165, 1.54) is 0 Å². The third-order valence-electron chi connectivity index (χ3n) is 11.6. The van der Waals surface area contributed by atoms with Crippen molar-refractivity contribution in [2.45, 2.75) is 105 Å². The predicted molar refractivity (Wildman–Crippen MR) is 271 cm³/mol. The van der Waals surface area contributed by atoms with Crippen LogP contribution in [0.1, 0.15) is 128 Å². The zero-order chi connectivity index (χ0) is 46.8. The fraction of sp³-hybridized carbons (Fsp3) is 0.357. The van der Waals surface area contributed by atoms with Crippen LogP contribution in [0.15, 0.2) is 105 Å². The number of phenols is 4. The molecular weight excluding hydrogens is 793 g/mol. The van der Waals surface area contributed by atoms with Gasteiger partial charge in [0.1, 0.15) is 23.0 Å². The topological polar surface area (TPSA) is 130 Å². The number of aromatic hydroxyl groups is 4. The Morgan fingerprint density at radius 2 is 0.672 bits per heavy atom. The van der Waals surface area contributed by atoms with Gasteiger partial charge in [0.05, 0.1) is 26.2 Å². The summed E-state index contributed by atoms with van der Waals surface area (Å²) < 4.78 is 0. The lowest BCUT2D eigenvalue weighted by Gasteiger charge is -2.27. The van der Waals surface area contributed by atoms with E-state index in [1.807, 2.05) is 72.8 Å². The molecule has 0 spiro atoms. The highest BCUT2D eigenvalue weighted by molar-refractivity contribution is 6.14. The average molecular weight is 859 g/mol. The molecule has 0 unspecified atom stereocenters. The van der Waals surface area contributed by atoms with Gasteiger partial charge >= 0.3 is 0 Å². The molecule has 334 valence electrons. The molecule has 6 aromatic rings. The number of aliphatic imine (C=N–C) groups is 4. The van der Waals surface area contributed by atoms with E-state index in [9.17, 15) is 20.4 Å². The van der Waals surface area contributed by atoms with Crippen LogP contribution in [-0.2, 0) is 21.7 Å². The Morgan fingerprint density at radius 1 is 0.375 bits per heavy atom. The summed E-state index contributed by atoms with van der Waals surface area (Å²) in [5.74, 6) is 0.488. The minimum Gasteiger partial charge on any atom is -0.507 e. The number of nitrogens with zero attached hydrogens (tertiary/aromatic N) is 4. The van der Waals surface area contributed by atoms with Crippen LogP contribution in [0.5, 0.6) is 23.0 Å². The third-order valence-corrected chi connectivity index (χ3v) is 11.6. The average Bonchev–Trinajstić information content (AvgIpc) is 3.20. The summed E-state index contributed by atoms with van der Waals surface area (Å²) in [7, 11) is 0. The first-order valence-corrected chi connectivity index (χ1v) is 22.2. The van der Waals surface area contributed by atoms with Gasteiger partial charge in [-0.3, -0.25) is 20.0 Å². The number of hydrogen-bond acceptors (Lipinski definition) is 8. The number of rotatable bonds is 11. The molecule has 0 aliphatic carbocycles. The normalized spacial score (nSPS) is 13.2. The lowest BCUT2D eigenvalue weighted by molar-refractivity contribution is 0.443. The summed E-state index contributed by atoms with van der Waals surface area (Å²) >= 11 is 0. The van der Waals surface area contributed by atoms with E-state index >= 15 is 0 Å². The van der Waals surface area contributed by atoms with Crippen molar-refractivity contribution in [2.24, 2.45) is 20.0 Å². The Balaban J connectivity index is 1.27. The van der Waals surface area contributed by atoms with Crippen LogP contribution in [0.4, 0.5) is 0 Å². The molecule has 0 saturated carbocycles. The molecule has 8 heteroatoms. The molecular formula is C56H66N4O4. The summed E-state index contributed by atoms with van der Waals surface area (Å²) in [6.07, 6.45) is 6.76. The molecule has 0 atom stereocenters. The molecule has 0 fully saturated rings. The van der Waals surface area contributed by atoms with E-state index in [-0.39, 0.29) is 44.7 Å². The first-order valence-electron chi connectivity index (χ1n) is 22.2. The second kappa shape index (κ2) is 18.4. The van der Waals surface area contributed by atoms with Crippen LogP contribution in [-0.4, -0.2) is 71.5 Å². The van der Waals surface area contributed by atoms with E-state index in [0.29, 0.717) is 59.6 Å². The lowest BCUT2D eigenvalue weighted by atomic mass is 9.79. The predicted octanol–water partition coefficient (Wildman–Crippen LogP) is 12.7. The van der Waals surface area contributed by atoms with Gasteiger partial charge in [-0.15, -0.1) is 0 Å².